The lowest BCUT2D eigenvalue weighted by molar-refractivity contribution is 0.233. The van der Waals surface area contributed by atoms with Crippen LogP contribution in [-0.2, 0) is 0 Å². The summed E-state index contributed by atoms with van der Waals surface area (Å²) in [6.45, 7) is 7.42. The third-order valence-corrected chi connectivity index (χ3v) is 4.05. The number of hydrogen-bond donors (Lipinski definition) is 0. The Labute approximate surface area is 114 Å². The standard InChI is InChI=1S/C15H23BrO/c1-4-6-7-13(5-2)11-17-14-8-9-15(16)12(3)10-14/h8-10,13H,4-7,11H2,1-3H3. The van der Waals surface area contributed by atoms with Crippen LogP contribution in [0.1, 0.15) is 45.1 Å². The smallest absolute Gasteiger partial charge is 0.119 e. The number of benzene rings is 1. The van der Waals surface area contributed by atoms with Crippen molar-refractivity contribution in [1.82, 2.24) is 0 Å². The van der Waals surface area contributed by atoms with Crippen LogP contribution in [-0.4, -0.2) is 6.61 Å². The SMILES string of the molecule is CCCCC(CC)COc1ccc(Br)c(C)c1. The minimum Gasteiger partial charge on any atom is -0.493 e. The van der Waals surface area contributed by atoms with E-state index in [9.17, 15) is 0 Å². The molecule has 0 bridgehead atoms. The minimum absolute atomic E-state index is 0.693. The summed E-state index contributed by atoms with van der Waals surface area (Å²) in [7, 11) is 0. The zero-order valence-electron chi connectivity index (χ0n) is 11.1. The van der Waals surface area contributed by atoms with Crippen LogP contribution in [0.3, 0.4) is 0 Å². The van der Waals surface area contributed by atoms with Gasteiger partial charge in [0.25, 0.3) is 0 Å². The Morgan fingerprint density at radius 2 is 2.06 bits per heavy atom. The van der Waals surface area contributed by atoms with E-state index in [1.54, 1.807) is 0 Å². The van der Waals surface area contributed by atoms with E-state index in [2.05, 4.69) is 48.8 Å². The molecule has 0 saturated carbocycles. The molecule has 0 aliphatic carbocycles. The maximum atomic E-state index is 5.87. The van der Waals surface area contributed by atoms with Gasteiger partial charge < -0.3 is 4.74 Å². The second-order valence-electron chi connectivity index (χ2n) is 4.64. The normalized spacial score (nSPS) is 12.5. The summed E-state index contributed by atoms with van der Waals surface area (Å²) in [5.41, 5.74) is 1.23. The van der Waals surface area contributed by atoms with E-state index < -0.39 is 0 Å². The number of hydrogen-bond acceptors (Lipinski definition) is 1. The molecule has 0 spiro atoms. The molecule has 0 fully saturated rings. The molecule has 0 heterocycles. The molecule has 0 N–H and O–H groups in total. The van der Waals surface area contributed by atoms with Crippen molar-refractivity contribution in [2.24, 2.45) is 5.92 Å². The zero-order valence-corrected chi connectivity index (χ0v) is 12.7. The van der Waals surface area contributed by atoms with Crippen LogP contribution in [0.25, 0.3) is 0 Å². The molecule has 17 heavy (non-hydrogen) atoms. The Morgan fingerprint density at radius 3 is 2.65 bits per heavy atom. The van der Waals surface area contributed by atoms with E-state index in [0.29, 0.717) is 5.92 Å². The fourth-order valence-corrected chi connectivity index (χ4v) is 2.07. The van der Waals surface area contributed by atoms with Gasteiger partial charge in [0.1, 0.15) is 5.75 Å². The highest BCUT2D eigenvalue weighted by Gasteiger charge is 2.07. The number of ether oxygens (including phenoxy) is 1. The van der Waals surface area contributed by atoms with E-state index in [-0.39, 0.29) is 0 Å². The summed E-state index contributed by atoms with van der Waals surface area (Å²) in [5.74, 6) is 1.68. The topological polar surface area (TPSA) is 9.23 Å². The quantitative estimate of drug-likeness (QED) is 0.659. The molecule has 1 nitrogen and oxygen atoms in total. The van der Waals surface area contributed by atoms with Gasteiger partial charge in [-0.25, -0.2) is 0 Å². The fraction of sp³-hybridized carbons (Fsp3) is 0.600. The molecule has 1 aromatic carbocycles. The first-order valence-corrected chi connectivity index (χ1v) is 7.35. The highest BCUT2D eigenvalue weighted by atomic mass is 79.9. The maximum absolute atomic E-state index is 5.87. The van der Waals surface area contributed by atoms with Crippen molar-refractivity contribution in [3.05, 3.63) is 28.2 Å². The Morgan fingerprint density at radius 1 is 1.29 bits per heavy atom. The summed E-state index contributed by atoms with van der Waals surface area (Å²) >= 11 is 3.50. The van der Waals surface area contributed by atoms with Crippen molar-refractivity contribution < 1.29 is 4.74 Å². The largest absolute Gasteiger partial charge is 0.493 e. The summed E-state index contributed by atoms with van der Waals surface area (Å²) in [5, 5.41) is 0. The molecule has 2 heteroatoms. The van der Waals surface area contributed by atoms with Gasteiger partial charge in [-0.2, -0.15) is 0 Å². The molecule has 0 radical (unpaired) electrons. The third kappa shape index (κ3) is 5.12. The van der Waals surface area contributed by atoms with Gasteiger partial charge in [0, 0.05) is 4.47 Å². The van der Waals surface area contributed by atoms with E-state index in [0.717, 1.165) is 16.8 Å². The lowest BCUT2D eigenvalue weighted by atomic mass is 10.0. The van der Waals surface area contributed by atoms with Gasteiger partial charge >= 0.3 is 0 Å². The first kappa shape index (κ1) is 14.6. The van der Waals surface area contributed by atoms with Gasteiger partial charge in [0.2, 0.25) is 0 Å². The first-order valence-electron chi connectivity index (χ1n) is 6.56. The summed E-state index contributed by atoms with van der Waals surface area (Å²) in [6.07, 6.45) is 5.06. The summed E-state index contributed by atoms with van der Waals surface area (Å²) in [4.78, 5) is 0. The van der Waals surface area contributed by atoms with Gasteiger partial charge in [-0.3, -0.25) is 0 Å². The van der Waals surface area contributed by atoms with Crippen molar-refractivity contribution in [2.75, 3.05) is 6.61 Å². The third-order valence-electron chi connectivity index (χ3n) is 3.16. The summed E-state index contributed by atoms with van der Waals surface area (Å²) in [6, 6.07) is 6.18. The van der Waals surface area contributed by atoms with Crippen LogP contribution < -0.4 is 4.74 Å². The van der Waals surface area contributed by atoms with Gasteiger partial charge in [-0.15, -0.1) is 0 Å². The average molecular weight is 299 g/mol. The molecular formula is C15H23BrO. The second kappa shape index (κ2) is 7.75. The molecule has 96 valence electrons. The van der Waals surface area contributed by atoms with Gasteiger partial charge in [-0.05, 0) is 43.0 Å². The monoisotopic (exact) mass is 298 g/mol. The Kier molecular flexibility index (Phi) is 6.64. The number of aryl methyl sites for hydroxylation is 1. The fourth-order valence-electron chi connectivity index (χ4n) is 1.82. The first-order chi connectivity index (χ1) is 8.17. The zero-order chi connectivity index (χ0) is 12.7. The van der Waals surface area contributed by atoms with Crippen LogP contribution in [0.4, 0.5) is 0 Å². The number of unbranched alkanes of at least 4 members (excludes halogenated alkanes) is 1. The Hall–Kier alpha value is -0.500. The molecule has 0 aromatic heterocycles. The van der Waals surface area contributed by atoms with Crippen molar-refractivity contribution in [3.8, 4) is 5.75 Å². The highest BCUT2D eigenvalue weighted by molar-refractivity contribution is 9.10. The van der Waals surface area contributed by atoms with Gasteiger partial charge in [0.05, 0.1) is 6.61 Å². The van der Waals surface area contributed by atoms with Crippen molar-refractivity contribution in [2.45, 2.75) is 46.5 Å². The summed E-state index contributed by atoms with van der Waals surface area (Å²) < 4.78 is 7.01. The molecule has 1 atom stereocenters. The predicted octanol–water partition coefficient (Wildman–Crippen LogP) is 5.35. The molecule has 1 aromatic rings. The molecular weight excluding hydrogens is 276 g/mol. The lowest BCUT2D eigenvalue weighted by Gasteiger charge is -2.16. The Balaban J connectivity index is 2.45. The van der Waals surface area contributed by atoms with Crippen LogP contribution in [0.2, 0.25) is 0 Å². The average Bonchev–Trinajstić information content (AvgIpc) is 2.34. The second-order valence-corrected chi connectivity index (χ2v) is 5.49. The molecule has 0 saturated heterocycles. The maximum Gasteiger partial charge on any atom is 0.119 e. The van der Waals surface area contributed by atoms with Crippen molar-refractivity contribution >= 4 is 15.9 Å². The Bertz CT molecular complexity index is 336. The molecule has 1 unspecified atom stereocenters. The molecule has 1 rings (SSSR count). The number of rotatable bonds is 7. The van der Waals surface area contributed by atoms with Crippen LogP contribution in [0.15, 0.2) is 22.7 Å². The van der Waals surface area contributed by atoms with Gasteiger partial charge in [-0.1, -0.05) is 49.0 Å². The van der Waals surface area contributed by atoms with Crippen molar-refractivity contribution in [1.29, 1.82) is 0 Å². The van der Waals surface area contributed by atoms with E-state index in [1.807, 2.05) is 6.07 Å². The molecule has 0 aliphatic rings. The van der Waals surface area contributed by atoms with Crippen LogP contribution in [0.5, 0.6) is 5.75 Å². The van der Waals surface area contributed by atoms with E-state index >= 15 is 0 Å². The molecule has 0 amide bonds. The highest BCUT2D eigenvalue weighted by Crippen LogP contribution is 2.23. The van der Waals surface area contributed by atoms with E-state index in [1.165, 1.54) is 31.2 Å². The minimum atomic E-state index is 0.693. The van der Waals surface area contributed by atoms with Crippen LogP contribution >= 0.6 is 15.9 Å². The van der Waals surface area contributed by atoms with Gasteiger partial charge in [0.15, 0.2) is 0 Å². The lowest BCUT2D eigenvalue weighted by Crippen LogP contribution is -2.11. The van der Waals surface area contributed by atoms with Crippen molar-refractivity contribution in [3.63, 3.8) is 0 Å². The van der Waals surface area contributed by atoms with E-state index in [4.69, 9.17) is 4.74 Å². The molecule has 0 aliphatic heterocycles. The number of halogens is 1. The van der Waals surface area contributed by atoms with Crippen LogP contribution in [0, 0.1) is 12.8 Å². The predicted molar refractivity (Wildman–Crippen MR) is 77.7 cm³/mol.